The van der Waals surface area contributed by atoms with Crippen molar-refractivity contribution in [1.29, 1.82) is 0 Å². The second kappa shape index (κ2) is 9.53. The first-order valence-electron chi connectivity index (χ1n) is 8.27. The molecule has 0 aliphatic carbocycles. The maximum atomic E-state index is 12.4. The third-order valence-corrected chi connectivity index (χ3v) is 4.84. The van der Waals surface area contributed by atoms with Crippen LogP contribution in [0.2, 0.25) is 0 Å². The smallest absolute Gasteiger partial charge is 0.288 e. The highest BCUT2D eigenvalue weighted by molar-refractivity contribution is 7.99. The quantitative estimate of drug-likeness (QED) is 0.386. The summed E-state index contributed by atoms with van der Waals surface area (Å²) < 4.78 is 30.3. The van der Waals surface area contributed by atoms with Crippen LogP contribution >= 0.6 is 24.0 Å². The number of nitrogens with one attached hydrogen (secondary N) is 1. The molecular formula is C20H18F2N2OS2. The van der Waals surface area contributed by atoms with Crippen LogP contribution in [0.25, 0.3) is 0 Å². The van der Waals surface area contributed by atoms with E-state index in [1.54, 1.807) is 30.5 Å². The number of thiocarbonyl (C=S) groups is 1. The number of nitrogens with zero attached hydrogens (tertiary/aromatic N) is 1. The van der Waals surface area contributed by atoms with Crippen LogP contribution in [0.1, 0.15) is 11.3 Å². The molecule has 0 bridgehead atoms. The molecular weight excluding hydrogens is 386 g/mol. The van der Waals surface area contributed by atoms with Crippen molar-refractivity contribution in [3.05, 3.63) is 84.3 Å². The number of anilines is 1. The molecule has 2 aromatic carbocycles. The normalized spacial score (nSPS) is 10.8. The number of rotatable bonds is 7. The molecule has 0 aliphatic heterocycles. The summed E-state index contributed by atoms with van der Waals surface area (Å²) in [6.45, 7) is 1.14. The van der Waals surface area contributed by atoms with Gasteiger partial charge in [0.1, 0.15) is 5.76 Å². The fourth-order valence-corrected chi connectivity index (χ4v) is 3.26. The summed E-state index contributed by atoms with van der Waals surface area (Å²) in [5.41, 5.74) is 1.87. The molecule has 27 heavy (non-hydrogen) atoms. The molecule has 3 rings (SSSR count). The van der Waals surface area contributed by atoms with Crippen molar-refractivity contribution >= 4 is 34.8 Å². The zero-order valence-corrected chi connectivity index (χ0v) is 16.0. The number of halogens is 2. The van der Waals surface area contributed by atoms with Crippen LogP contribution in [0, 0.1) is 0 Å². The van der Waals surface area contributed by atoms with Gasteiger partial charge in [-0.1, -0.05) is 42.1 Å². The number of hydrogen-bond acceptors (Lipinski definition) is 3. The number of benzene rings is 2. The fraction of sp³-hybridized carbons (Fsp3) is 0.150. The Labute approximate surface area is 166 Å². The summed E-state index contributed by atoms with van der Waals surface area (Å²) in [5, 5.41) is 3.71. The molecule has 0 aliphatic rings. The SMILES string of the molecule is FC(F)Sc1ccc(NC(=S)N(Cc2ccccc2)Cc2ccco2)cc1. The summed E-state index contributed by atoms with van der Waals surface area (Å²) >= 11 is 6.10. The lowest BCUT2D eigenvalue weighted by Crippen LogP contribution is -2.33. The molecule has 0 fully saturated rings. The van der Waals surface area contributed by atoms with Gasteiger partial charge in [-0.25, -0.2) is 0 Å². The largest absolute Gasteiger partial charge is 0.467 e. The topological polar surface area (TPSA) is 28.4 Å². The Bertz CT molecular complexity index is 840. The second-order valence-electron chi connectivity index (χ2n) is 5.75. The van der Waals surface area contributed by atoms with Gasteiger partial charge in [-0.05, 0) is 54.2 Å². The molecule has 0 unspecified atom stereocenters. The van der Waals surface area contributed by atoms with Crippen molar-refractivity contribution in [2.24, 2.45) is 0 Å². The number of thioether (sulfide) groups is 1. The van der Waals surface area contributed by atoms with Gasteiger partial charge in [-0.15, -0.1) is 0 Å². The van der Waals surface area contributed by atoms with Gasteiger partial charge >= 0.3 is 0 Å². The van der Waals surface area contributed by atoms with Gasteiger partial charge in [0, 0.05) is 17.1 Å². The van der Waals surface area contributed by atoms with Crippen molar-refractivity contribution in [2.75, 3.05) is 5.32 Å². The monoisotopic (exact) mass is 404 g/mol. The van der Waals surface area contributed by atoms with Gasteiger partial charge in [0.15, 0.2) is 5.11 Å². The Morgan fingerprint density at radius 2 is 1.74 bits per heavy atom. The van der Waals surface area contributed by atoms with Gasteiger partial charge in [-0.2, -0.15) is 8.78 Å². The Balaban J connectivity index is 1.70. The third-order valence-electron chi connectivity index (χ3n) is 3.76. The molecule has 1 N–H and O–H groups in total. The molecule has 3 nitrogen and oxygen atoms in total. The van der Waals surface area contributed by atoms with Gasteiger partial charge in [0.25, 0.3) is 5.76 Å². The zero-order chi connectivity index (χ0) is 19.1. The molecule has 0 spiro atoms. The van der Waals surface area contributed by atoms with E-state index in [2.05, 4.69) is 5.32 Å². The first-order valence-corrected chi connectivity index (χ1v) is 9.56. The molecule has 140 valence electrons. The van der Waals surface area contributed by atoms with E-state index in [1.807, 2.05) is 47.4 Å². The molecule has 1 heterocycles. The molecule has 0 radical (unpaired) electrons. The maximum Gasteiger partial charge on any atom is 0.288 e. The van der Waals surface area contributed by atoms with E-state index in [0.717, 1.165) is 17.0 Å². The number of alkyl halides is 2. The zero-order valence-electron chi connectivity index (χ0n) is 14.3. The van der Waals surface area contributed by atoms with Crippen LogP contribution in [0.5, 0.6) is 0 Å². The summed E-state index contributed by atoms with van der Waals surface area (Å²) in [5.74, 6) is -1.63. The third kappa shape index (κ3) is 6.08. The molecule has 1 aromatic heterocycles. The Kier molecular flexibility index (Phi) is 6.84. The highest BCUT2D eigenvalue weighted by Crippen LogP contribution is 2.26. The molecule has 0 saturated carbocycles. The molecule has 0 saturated heterocycles. The predicted octanol–water partition coefficient (Wildman–Crippen LogP) is 5.99. The van der Waals surface area contributed by atoms with E-state index < -0.39 is 5.76 Å². The number of furan rings is 1. The molecule has 3 aromatic rings. The minimum absolute atomic E-state index is 0.512. The molecule has 0 atom stereocenters. The van der Waals surface area contributed by atoms with Crippen LogP contribution in [-0.4, -0.2) is 15.8 Å². The van der Waals surface area contributed by atoms with Crippen molar-refractivity contribution in [3.63, 3.8) is 0 Å². The fourth-order valence-electron chi connectivity index (χ4n) is 2.52. The van der Waals surface area contributed by atoms with E-state index in [4.69, 9.17) is 16.6 Å². The Hall–Kier alpha value is -2.38. The first-order chi connectivity index (χ1) is 13.1. The lowest BCUT2D eigenvalue weighted by molar-refractivity contribution is 0.252. The van der Waals surface area contributed by atoms with Crippen LogP contribution in [0.3, 0.4) is 0 Å². The lowest BCUT2D eigenvalue weighted by atomic mass is 10.2. The average Bonchev–Trinajstić information content (AvgIpc) is 3.16. The van der Waals surface area contributed by atoms with E-state index in [0.29, 0.717) is 34.9 Å². The molecule has 0 amide bonds. The van der Waals surface area contributed by atoms with E-state index >= 15 is 0 Å². The standard InChI is InChI=1S/C20H18F2N2OS2/c21-19(22)27-18-10-8-16(9-11-18)23-20(26)24(14-17-7-4-12-25-17)13-15-5-2-1-3-6-15/h1-12,19H,13-14H2,(H,23,26). The van der Waals surface area contributed by atoms with Gasteiger partial charge in [-0.3, -0.25) is 0 Å². The van der Waals surface area contributed by atoms with Crippen LogP contribution in [0.15, 0.2) is 82.3 Å². The highest BCUT2D eigenvalue weighted by Gasteiger charge is 2.13. The first kappa shape index (κ1) is 19.4. The minimum atomic E-state index is -2.43. The number of hydrogen-bond donors (Lipinski definition) is 1. The molecule has 7 heteroatoms. The summed E-state index contributed by atoms with van der Waals surface area (Å²) in [7, 11) is 0. The van der Waals surface area contributed by atoms with E-state index in [1.165, 1.54) is 0 Å². The summed E-state index contributed by atoms with van der Waals surface area (Å²) in [6, 6.07) is 20.5. The van der Waals surface area contributed by atoms with E-state index in [-0.39, 0.29) is 0 Å². The van der Waals surface area contributed by atoms with Crippen molar-refractivity contribution < 1.29 is 13.2 Å². The van der Waals surface area contributed by atoms with Gasteiger partial charge < -0.3 is 14.6 Å². The van der Waals surface area contributed by atoms with Crippen LogP contribution in [0.4, 0.5) is 14.5 Å². The lowest BCUT2D eigenvalue weighted by Gasteiger charge is -2.25. The van der Waals surface area contributed by atoms with Gasteiger partial charge in [0.2, 0.25) is 0 Å². The Morgan fingerprint density at radius 1 is 1.00 bits per heavy atom. The predicted molar refractivity (Wildman–Crippen MR) is 109 cm³/mol. The highest BCUT2D eigenvalue weighted by atomic mass is 32.2. The van der Waals surface area contributed by atoms with Crippen LogP contribution < -0.4 is 5.32 Å². The van der Waals surface area contributed by atoms with Gasteiger partial charge in [0.05, 0.1) is 12.8 Å². The summed E-state index contributed by atoms with van der Waals surface area (Å²) in [6.07, 6.45) is 1.63. The van der Waals surface area contributed by atoms with Crippen molar-refractivity contribution in [3.8, 4) is 0 Å². The average molecular weight is 405 g/mol. The second-order valence-corrected chi connectivity index (χ2v) is 7.20. The van der Waals surface area contributed by atoms with Crippen molar-refractivity contribution in [2.45, 2.75) is 23.7 Å². The minimum Gasteiger partial charge on any atom is -0.467 e. The Morgan fingerprint density at radius 3 is 2.37 bits per heavy atom. The van der Waals surface area contributed by atoms with Crippen molar-refractivity contribution in [1.82, 2.24) is 4.90 Å². The van der Waals surface area contributed by atoms with E-state index in [9.17, 15) is 8.78 Å². The van der Waals surface area contributed by atoms with Crippen LogP contribution in [-0.2, 0) is 13.1 Å². The maximum absolute atomic E-state index is 12.4. The summed E-state index contributed by atoms with van der Waals surface area (Å²) in [4.78, 5) is 2.50.